The van der Waals surface area contributed by atoms with Crippen LogP contribution in [0.3, 0.4) is 0 Å². The molecule has 0 spiro atoms. The summed E-state index contributed by atoms with van der Waals surface area (Å²) in [5.41, 5.74) is 2.84. The van der Waals surface area contributed by atoms with E-state index in [1.807, 2.05) is 0 Å². The number of rotatable bonds is 2. The Labute approximate surface area is 79.3 Å². The maximum absolute atomic E-state index is 8.80. The number of aliphatic hydroxyl groups excluding tert-OH is 1. The van der Waals surface area contributed by atoms with Crippen molar-refractivity contribution in [1.29, 1.82) is 0 Å². The largest absolute Gasteiger partial charge is 0.389 e. The van der Waals surface area contributed by atoms with Crippen molar-refractivity contribution in [3.63, 3.8) is 0 Å². The van der Waals surface area contributed by atoms with E-state index in [0.717, 1.165) is 0 Å². The molecule has 1 atom stereocenters. The number of hydrazone groups is 1. The lowest BCUT2D eigenvalue weighted by atomic mass is 10.5. The molecule has 1 aromatic heterocycles. The number of aliphatic hydroxyl groups is 1. The molecule has 13 heavy (non-hydrogen) atoms. The highest BCUT2D eigenvalue weighted by Crippen LogP contribution is 2.28. The zero-order valence-electron chi connectivity index (χ0n) is 6.71. The summed E-state index contributed by atoms with van der Waals surface area (Å²) in [5, 5.41) is 13.3. The first-order valence-electron chi connectivity index (χ1n) is 3.76. The van der Waals surface area contributed by atoms with E-state index in [1.165, 1.54) is 11.8 Å². The van der Waals surface area contributed by atoms with Crippen LogP contribution >= 0.6 is 11.8 Å². The van der Waals surface area contributed by atoms with Gasteiger partial charge in [0.25, 0.3) is 0 Å². The van der Waals surface area contributed by atoms with E-state index < -0.39 is 0 Å². The van der Waals surface area contributed by atoms with Gasteiger partial charge in [0.2, 0.25) is 0 Å². The standard InChI is InChI=1S/C7H8N4OS/c12-4-5-10-11-7(13-5)6-8-2-1-3-9-6/h1-3,7,11-12H,4H2. The van der Waals surface area contributed by atoms with Gasteiger partial charge in [-0.15, -0.1) is 0 Å². The Kier molecular flexibility index (Phi) is 2.42. The fourth-order valence-electron chi connectivity index (χ4n) is 0.948. The van der Waals surface area contributed by atoms with Crippen LogP contribution in [0.15, 0.2) is 23.6 Å². The van der Waals surface area contributed by atoms with Crippen LogP contribution in [0, 0.1) is 0 Å². The number of thioether (sulfide) groups is 1. The van der Waals surface area contributed by atoms with Gasteiger partial charge in [0.05, 0.1) is 6.61 Å². The summed E-state index contributed by atoms with van der Waals surface area (Å²) in [5.74, 6) is 0.680. The minimum atomic E-state index is -0.0663. The first-order chi connectivity index (χ1) is 6.40. The molecular weight excluding hydrogens is 188 g/mol. The highest BCUT2D eigenvalue weighted by atomic mass is 32.2. The molecule has 6 heteroatoms. The molecule has 2 heterocycles. The molecule has 2 N–H and O–H groups in total. The Morgan fingerprint density at radius 3 is 2.85 bits per heavy atom. The summed E-state index contributed by atoms with van der Waals surface area (Å²) in [7, 11) is 0. The fourth-order valence-corrected chi connectivity index (χ4v) is 1.73. The molecule has 0 radical (unpaired) electrons. The number of aromatic nitrogens is 2. The third-order valence-corrected chi connectivity index (χ3v) is 2.56. The zero-order chi connectivity index (χ0) is 9.10. The highest BCUT2D eigenvalue weighted by Gasteiger charge is 2.21. The lowest BCUT2D eigenvalue weighted by Crippen LogP contribution is -2.10. The van der Waals surface area contributed by atoms with Gasteiger partial charge in [-0.25, -0.2) is 9.97 Å². The fraction of sp³-hybridized carbons (Fsp3) is 0.286. The van der Waals surface area contributed by atoms with Crippen LogP contribution in [0.2, 0.25) is 0 Å². The topological polar surface area (TPSA) is 70.4 Å². The Hall–Kier alpha value is -1.14. The maximum Gasteiger partial charge on any atom is 0.162 e. The average molecular weight is 196 g/mol. The molecule has 0 saturated heterocycles. The van der Waals surface area contributed by atoms with Gasteiger partial charge < -0.3 is 5.11 Å². The summed E-state index contributed by atoms with van der Waals surface area (Å²) in [6.07, 6.45) is 3.36. The van der Waals surface area contributed by atoms with Crippen LogP contribution in [0.25, 0.3) is 0 Å². The molecular formula is C7H8N4OS. The van der Waals surface area contributed by atoms with Crippen molar-refractivity contribution in [1.82, 2.24) is 15.4 Å². The van der Waals surface area contributed by atoms with Gasteiger partial charge in [-0.1, -0.05) is 11.8 Å². The average Bonchev–Trinajstić information content (AvgIpc) is 2.67. The van der Waals surface area contributed by atoms with E-state index in [-0.39, 0.29) is 12.0 Å². The van der Waals surface area contributed by atoms with Gasteiger partial charge in [-0.3, -0.25) is 5.43 Å². The second-order valence-electron chi connectivity index (χ2n) is 2.40. The molecule has 1 unspecified atom stereocenters. The molecule has 68 valence electrons. The Bertz CT molecular complexity index is 316. The summed E-state index contributed by atoms with van der Waals surface area (Å²) in [4.78, 5) is 8.16. The zero-order valence-corrected chi connectivity index (χ0v) is 7.53. The molecule has 0 aromatic carbocycles. The third-order valence-electron chi connectivity index (χ3n) is 1.52. The molecule has 1 aromatic rings. The number of nitrogens with one attached hydrogen (secondary N) is 1. The molecule has 2 rings (SSSR count). The van der Waals surface area contributed by atoms with E-state index >= 15 is 0 Å². The summed E-state index contributed by atoms with van der Waals surface area (Å²) in [6, 6.07) is 1.76. The van der Waals surface area contributed by atoms with Crippen LogP contribution in [-0.4, -0.2) is 26.7 Å². The molecule has 5 nitrogen and oxygen atoms in total. The van der Waals surface area contributed by atoms with Crippen LogP contribution in [-0.2, 0) is 0 Å². The molecule has 1 aliphatic rings. The molecule has 1 aliphatic heterocycles. The maximum atomic E-state index is 8.80. The summed E-state index contributed by atoms with van der Waals surface area (Å²) >= 11 is 1.43. The normalized spacial score (nSPS) is 21.0. The van der Waals surface area contributed by atoms with Crippen molar-refractivity contribution < 1.29 is 5.11 Å². The Morgan fingerprint density at radius 1 is 1.46 bits per heavy atom. The molecule has 0 bridgehead atoms. The van der Waals surface area contributed by atoms with Crippen LogP contribution in [0.1, 0.15) is 11.2 Å². The van der Waals surface area contributed by atoms with Gasteiger partial charge in [0.15, 0.2) is 11.2 Å². The van der Waals surface area contributed by atoms with Crippen molar-refractivity contribution >= 4 is 16.8 Å². The summed E-state index contributed by atoms with van der Waals surface area (Å²) in [6.45, 7) is -0.0407. The second kappa shape index (κ2) is 3.71. The van der Waals surface area contributed by atoms with Crippen molar-refractivity contribution in [3.05, 3.63) is 24.3 Å². The van der Waals surface area contributed by atoms with Gasteiger partial charge in [0, 0.05) is 12.4 Å². The predicted octanol–water partition coefficient (Wildman–Crippen LogP) is 0.117. The van der Waals surface area contributed by atoms with Crippen molar-refractivity contribution in [3.8, 4) is 0 Å². The monoisotopic (exact) mass is 196 g/mol. The molecule has 0 saturated carbocycles. The molecule has 0 fully saturated rings. The lowest BCUT2D eigenvalue weighted by molar-refractivity contribution is 0.360. The summed E-state index contributed by atoms with van der Waals surface area (Å²) < 4.78 is 0. The highest BCUT2D eigenvalue weighted by molar-refractivity contribution is 8.14. The third kappa shape index (κ3) is 1.78. The van der Waals surface area contributed by atoms with Gasteiger partial charge >= 0.3 is 0 Å². The van der Waals surface area contributed by atoms with E-state index in [4.69, 9.17) is 5.11 Å². The van der Waals surface area contributed by atoms with E-state index in [1.54, 1.807) is 18.5 Å². The smallest absolute Gasteiger partial charge is 0.162 e. The molecule has 0 amide bonds. The predicted molar refractivity (Wildman–Crippen MR) is 50.0 cm³/mol. The van der Waals surface area contributed by atoms with Crippen molar-refractivity contribution in [2.24, 2.45) is 5.10 Å². The van der Waals surface area contributed by atoms with Crippen LogP contribution in [0.4, 0.5) is 0 Å². The first-order valence-corrected chi connectivity index (χ1v) is 4.64. The van der Waals surface area contributed by atoms with E-state index in [2.05, 4.69) is 20.5 Å². The van der Waals surface area contributed by atoms with Crippen molar-refractivity contribution in [2.45, 2.75) is 5.37 Å². The van der Waals surface area contributed by atoms with Gasteiger partial charge in [-0.05, 0) is 6.07 Å². The Morgan fingerprint density at radius 2 is 2.23 bits per heavy atom. The number of nitrogens with zero attached hydrogens (tertiary/aromatic N) is 3. The van der Waals surface area contributed by atoms with E-state index in [0.29, 0.717) is 10.9 Å². The minimum absolute atomic E-state index is 0.0407. The van der Waals surface area contributed by atoms with Gasteiger partial charge in [-0.2, -0.15) is 5.10 Å². The van der Waals surface area contributed by atoms with Crippen LogP contribution < -0.4 is 5.43 Å². The first kappa shape index (κ1) is 8.46. The second-order valence-corrected chi connectivity index (χ2v) is 3.58. The quantitative estimate of drug-likeness (QED) is 0.703. The molecule has 0 aliphatic carbocycles. The van der Waals surface area contributed by atoms with Gasteiger partial charge in [0.1, 0.15) is 5.04 Å². The van der Waals surface area contributed by atoms with Crippen molar-refractivity contribution in [2.75, 3.05) is 6.61 Å². The van der Waals surface area contributed by atoms with E-state index in [9.17, 15) is 0 Å². The Balaban J connectivity index is 2.07. The number of hydrogen-bond donors (Lipinski definition) is 2. The number of hydrogen-bond acceptors (Lipinski definition) is 6. The van der Waals surface area contributed by atoms with Crippen LogP contribution in [0.5, 0.6) is 0 Å². The lowest BCUT2D eigenvalue weighted by Gasteiger charge is -2.05. The minimum Gasteiger partial charge on any atom is -0.389 e. The SMILES string of the molecule is OCC1=NNC(c2ncccn2)S1.